The summed E-state index contributed by atoms with van der Waals surface area (Å²) in [5.41, 5.74) is 2.23. The first-order valence-corrected chi connectivity index (χ1v) is 9.14. The minimum Gasteiger partial charge on any atom is -0.496 e. The number of piperazine rings is 1. The Morgan fingerprint density at radius 2 is 1.68 bits per heavy atom. The molecular formula is C19H23BrFN2O2+. The van der Waals surface area contributed by atoms with E-state index in [1.54, 1.807) is 14.2 Å². The minimum absolute atomic E-state index is 0.190. The van der Waals surface area contributed by atoms with Gasteiger partial charge in [-0.2, -0.15) is 0 Å². The fourth-order valence-electron chi connectivity index (χ4n) is 3.24. The SMILES string of the molecule is COc1cc(C[NH+]2CCN(c3ccc(F)cc3)CC2)c(OC)cc1Br. The second-order valence-electron chi connectivity index (χ2n) is 6.19. The van der Waals surface area contributed by atoms with Gasteiger partial charge in [0.25, 0.3) is 0 Å². The monoisotopic (exact) mass is 409 g/mol. The van der Waals surface area contributed by atoms with E-state index in [2.05, 4.69) is 20.8 Å². The van der Waals surface area contributed by atoms with E-state index in [1.807, 2.05) is 24.3 Å². The molecule has 2 aromatic rings. The zero-order valence-electron chi connectivity index (χ0n) is 14.5. The summed E-state index contributed by atoms with van der Waals surface area (Å²) in [5.74, 6) is 1.51. The van der Waals surface area contributed by atoms with Crippen LogP contribution < -0.4 is 19.3 Å². The van der Waals surface area contributed by atoms with Crippen molar-refractivity contribution in [3.8, 4) is 11.5 Å². The number of rotatable bonds is 5. The highest BCUT2D eigenvalue weighted by molar-refractivity contribution is 9.10. The van der Waals surface area contributed by atoms with Crippen molar-refractivity contribution in [1.82, 2.24) is 0 Å². The maximum Gasteiger partial charge on any atom is 0.133 e. The Labute approximate surface area is 156 Å². The van der Waals surface area contributed by atoms with E-state index < -0.39 is 0 Å². The number of benzene rings is 2. The van der Waals surface area contributed by atoms with Gasteiger partial charge in [0, 0.05) is 5.69 Å². The number of hydrogen-bond donors (Lipinski definition) is 1. The van der Waals surface area contributed by atoms with Crippen LogP contribution in [0.15, 0.2) is 40.9 Å². The maximum absolute atomic E-state index is 13.1. The van der Waals surface area contributed by atoms with Gasteiger partial charge in [-0.1, -0.05) is 0 Å². The lowest BCUT2D eigenvalue weighted by Crippen LogP contribution is -3.13. The molecule has 0 aromatic heterocycles. The molecule has 0 atom stereocenters. The summed E-state index contributed by atoms with van der Waals surface area (Å²) < 4.78 is 24.9. The van der Waals surface area contributed by atoms with Gasteiger partial charge in [0.05, 0.1) is 50.4 Å². The molecular weight excluding hydrogens is 387 g/mol. The predicted octanol–water partition coefficient (Wildman–Crippen LogP) is 2.51. The van der Waals surface area contributed by atoms with Gasteiger partial charge in [-0.05, 0) is 52.3 Å². The zero-order valence-corrected chi connectivity index (χ0v) is 16.1. The van der Waals surface area contributed by atoms with E-state index >= 15 is 0 Å². The highest BCUT2D eigenvalue weighted by Gasteiger charge is 2.22. The van der Waals surface area contributed by atoms with E-state index in [9.17, 15) is 4.39 Å². The number of ether oxygens (including phenoxy) is 2. The molecule has 2 aromatic carbocycles. The second-order valence-corrected chi connectivity index (χ2v) is 7.04. The van der Waals surface area contributed by atoms with Gasteiger partial charge >= 0.3 is 0 Å². The molecule has 0 saturated carbocycles. The summed E-state index contributed by atoms with van der Waals surface area (Å²) in [6.45, 7) is 4.86. The fraction of sp³-hybridized carbons (Fsp3) is 0.368. The van der Waals surface area contributed by atoms with Crippen LogP contribution in [0.3, 0.4) is 0 Å². The van der Waals surface area contributed by atoms with Crippen LogP contribution >= 0.6 is 15.9 Å². The molecule has 1 N–H and O–H groups in total. The number of methoxy groups -OCH3 is 2. The van der Waals surface area contributed by atoms with Crippen molar-refractivity contribution >= 4 is 21.6 Å². The third kappa shape index (κ3) is 4.25. The third-order valence-electron chi connectivity index (χ3n) is 4.66. The largest absolute Gasteiger partial charge is 0.496 e. The summed E-state index contributed by atoms with van der Waals surface area (Å²) in [4.78, 5) is 3.81. The van der Waals surface area contributed by atoms with Crippen molar-refractivity contribution in [3.05, 3.63) is 52.3 Å². The van der Waals surface area contributed by atoms with Crippen LogP contribution in [0.1, 0.15) is 5.56 Å². The number of anilines is 1. The van der Waals surface area contributed by atoms with Gasteiger partial charge in [0.2, 0.25) is 0 Å². The first-order chi connectivity index (χ1) is 12.1. The first-order valence-electron chi connectivity index (χ1n) is 8.35. The predicted molar refractivity (Wildman–Crippen MR) is 100 cm³/mol. The normalized spacial score (nSPS) is 15.3. The summed E-state index contributed by atoms with van der Waals surface area (Å²) in [6.07, 6.45) is 0. The highest BCUT2D eigenvalue weighted by atomic mass is 79.9. The maximum atomic E-state index is 13.1. The minimum atomic E-state index is -0.190. The van der Waals surface area contributed by atoms with Crippen LogP contribution in [-0.2, 0) is 6.54 Å². The molecule has 0 unspecified atom stereocenters. The van der Waals surface area contributed by atoms with Gasteiger partial charge in [-0.15, -0.1) is 0 Å². The van der Waals surface area contributed by atoms with Crippen molar-refractivity contribution in [3.63, 3.8) is 0 Å². The molecule has 1 aliphatic heterocycles. The molecule has 0 spiro atoms. The Hall–Kier alpha value is -1.79. The summed E-state index contributed by atoms with van der Waals surface area (Å²) in [6, 6.07) is 10.7. The number of nitrogens with zero attached hydrogens (tertiary/aromatic N) is 1. The first kappa shape index (κ1) is 18.0. The lowest BCUT2D eigenvalue weighted by Gasteiger charge is -2.34. The molecule has 3 rings (SSSR count). The molecule has 1 heterocycles. The summed E-state index contributed by atoms with van der Waals surface area (Å²) >= 11 is 3.50. The van der Waals surface area contributed by atoms with E-state index in [1.165, 1.54) is 17.0 Å². The van der Waals surface area contributed by atoms with Gasteiger partial charge < -0.3 is 19.3 Å². The molecule has 0 amide bonds. The van der Waals surface area contributed by atoms with E-state index in [0.717, 1.165) is 59.9 Å². The average molecular weight is 410 g/mol. The average Bonchev–Trinajstić information content (AvgIpc) is 2.64. The number of halogens is 2. The second kappa shape index (κ2) is 8.06. The van der Waals surface area contributed by atoms with Crippen LogP contribution in [0.5, 0.6) is 11.5 Å². The molecule has 1 saturated heterocycles. The van der Waals surface area contributed by atoms with Crippen LogP contribution in [0, 0.1) is 5.82 Å². The van der Waals surface area contributed by atoms with Gasteiger partial charge in [0.15, 0.2) is 0 Å². The fourth-order valence-corrected chi connectivity index (χ4v) is 3.73. The van der Waals surface area contributed by atoms with Crippen molar-refractivity contribution in [2.24, 2.45) is 0 Å². The van der Waals surface area contributed by atoms with Crippen molar-refractivity contribution in [2.45, 2.75) is 6.54 Å². The smallest absolute Gasteiger partial charge is 0.133 e. The Morgan fingerprint density at radius 1 is 1.04 bits per heavy atom. The number of hydrogen-bond acceptors (Lipinski definition) is 3. The van der Waals surface area contributed by atoms with Crippen LogP contribution in [0.25, 0.3) is 0 Å². The van der Waals surface area contributed by atoms with Gasteiger partial charge in [-0.3, -0.25) is 0 Å². The van der Waals surface area contributed by atoms with E-state index in [4.69, 9.17) is 9.47 Å². The van der Waals surface area contributed by atoms with E-state index in [0.29, 0.717) is 0 Å². The van der Waals surface area contributed by atoms with Gasteiger partial charge in [-0.25, -0.2) is 4.39 Å². The molecule has 25 heavy (non-hydrogen) atoms. The lowest BCUT2D eigenvalue weighted by molar-refractivity contribution is -0.914. The quantitative estimate of drug-likeness (QED) is 0.821. The van der Waals surface area contributed by atoms with Crippen LogP contribution in [-0.4, -0.2) is 40.4 Å². The molecule has 0 bridgehead atoms. The molecule has 0 aliphatic carbocycles. The summed E-state index contributed by atoms with van der Waals surface area (Å²) in [7, 11) is 3.37. The lowest BCUT2D eigenvalue weighted by atomic mass is 10.1. The van der Waals surface area contributed by atoms with Crippen LogP contribution in [0.4, 0.5) is 10.1 Å². The number of nitrogens with one attached hydrogen (secondary N) is 1. The Morgan fingerprint density at radius 3 is 2.28 bits per heavy atom. The standard InChI is InChI=1S/C19H22BrFN2O2/c1-24-18-12-17(20)19(25-2)11-14(18)13-22-7-9-23(10-8-22)16-5-3-15(21)4-6-16/h3-6,11-12H,7-10,13H2,1-2H3/p+1. The Bertz CT molecular complexity index is 716. The molecule has 6 heteroatoms. The summed E-state index contributed by atoms with van der Waals surface area (Å²) in [5, 5.41) is 0. The number of quaternary nitrogens is 1. The molecule has 1 fully saturated rings. The van der Waals surface area contributed by atoms with Crippen molar-refractivity contribution in [2.75, 3.05) is 45.3 Å². The van der Waals surface area contributed by atoms with Crippen molar-refractivity contribution < 1.29 is 18.8 Å². The Kier molecular flexibility index (Phi) is 5.81. The zero-order chi connectivity index (χ0) is 17.8. The topological polar surface area (TPSA) is 26.1 Å². The van der Waals surface area contributed by atoms with Crippen LogP contribution in [0.2, 0.25) is 0 Å². The van der Waals surface area contributed by atoms with Gasteiger partial charge in [0.1, 0.15) is 23.9 Å². The molecule has 1 aliphatic rings. The molecule has 134 valence electrons. The third-order valence-corrected chi connectivity index (χ3v) is 5.28. The Balaban J connectivity index is 1.65. The molecule has 0 radical (unpaired) electrons. The van der Waals surface area contributed by atoms with E-state index in [-0.39, 0.29) is 5.82 Å². The van der Waals surface area contributed by atoms with Crippen molar-refractivity contribution in [1.29, 1.82) is 0 Å². The highest BCUT2D eigenvalue weighted by Crippen LogP contribution is 2.32. The molecule has 4 nitrogen and oxygen atoms in total.